The Morgan fingerprint density at radius 2 is 1.81 bits per heavy atom. The lowest BCUT2D eigenvalue weighted by Crippen LogP contribution is -2.52. The van der Waals surface area contributed by atoms with Gasteiger partial charge in [0.05, 0.1) is 0 Å². The lowest BCUT2D eigenvalue weighted by Gasteiger charge is -2.31. The van der Waals surface area contributed by atoms with Gasteiger partial charge in [-0.1, -0.05) is 13.8 Å². The minimum Gasteiger partial charge on any atom is -0.344 e. The van der Waals surface area contributed by atoms with Crippen molar-refractivity contribution in [2.45, 2.75) is 26.8 Å². The summed E-state index contributed by atoms with van der Waals surface area (Å²) < 4.78 is 0. The summed E-state index contributed by atoms with van der Waals surface area (Å²) in [5.74, 6) is 2.04. The molecule has 0 aliphatic carbocycles. The first-order chi connectivity index (χ1) is 7.52. The summed E-state index contributed by atoms with van der Waals surface area (Å²) in [7, 11) is 0. The normalized spacial score (nSPS) is 18.4. The Balaban J connectivity index is 2.61. The highest BCUT2D eigenvalue weighted by Crippen LogP contribution is 2.13. The van der Waals surface area contributed by atoms with E-state index >= 15 is 0 Å². The summed E-state index contributed by atoms with van der Waals surface area (Å²) in [6.45, 7) is 6.96. The van der Waals surface area contributed by atoms with E-state index in [-0.39, 0.29) is 23.8 Å². The molecule has 0 spiro atoms. The van der Waals surface area contributed by atoms with Gasteiger partial charge < -0.3 is 10.2 Å². The fraction of sp³-hybridized carbons (Fsp3) is 0.818. The van der Waals surface area contributed by atoms with Gasteiger partial charge in [0.1, 0.15) is 6.04 Å². The topological polar surface area (TPSA) is 49.4 Å². The summed E-state index contributed by atoms with van der Waals surface area (Å²) in [5, 5.41) is 2.74. The van der Waals surface area contributed by atoms with E-state index in [0.717, 1.165) is 24.6 Å². The molecular formula is C11H20N2O2S. The predicted molar refractivity (Wildman–Crippen MR) is 66.3 cm³/mol. The minimum absolute atomic E-state index is 0.0606. The van der Waals surface area contributed by atoms with E-state index in [1.807, 2.05) is 30.5 Å². The molecule has 16 heavy (non-hydrogen) atoms. The Morgan fingerprint density at radius 1 is 1.25 bits per heavy atom. The van der Waals surface area contributed by atoms with Gasteiger partial charge in [0.2, 0.25) is 11.8 Å². The first-order valence-corrected chi connectivity index (χ1v) is 6.81. The molecule has 1 aliphatic heterocycles. The van der Waals surface area contributed by atoms with Crippen LogP contribution in [0.2, 0.25) is 0 Å². The largest absolute Gasteiger partial charge is 0.344 e. The number of amides is 2. The highest BCUT2D eigenvalue weighted by molar-refractivity contribution is 7.99. The molecule has 1 heterocycles. The van der Waals surface area contributed by atoms with Crippen LogP contribution in [0.1, 0.15) is 20.8 Å². The number of hydrogen-bond donors (Lipinski definition) is 1. The molecule has 0 aromatic heterocycles. The predicted octanol–water partition coefficient (Wildman–Crippen LogP) is 0.722. The van der Waals surface area contributed by atoms with Gasteiger partial charge in [-0.3, -0.25) is 9.59 Å². The molecule has 0 saturated carbocycles. The first kappa shape index (κ1) is 13.4. The highest BCUT2D eigenvalue weighted by Gasteiger charge is 2.28. The number of nitrogens with one attached hydrogen (secondary N) is 1. The number of nitrogens with zero attached hydrogens (tertiary/aromatic N) is 1. The van der Waals surface area contributed by atoms with Gasteiger partial charge in [0.15, 0.2) is 0 Å². The van der Waals surface area contributed by atoms with E-state index in [0.29, 0.717) is 0 Å². The molecule has 1 atom stereocenters. The van der Waals surface area contributed by atoms with Crippen molar-refractivity contribution in [3.8, 4) is 0 Å². The van der Waals surface area contributed by atoms with Crippen molar-refractivity contribution >= 4 is 23.6 Å². The molecule has 0 radical (unpaired) electrons. The van der Waals surface area contributed by atoms with Gasteiger partial charge in [-0.05, 0) is 5.92 Å². The fourth-order valence-electron chi connectivity index (χ4n) is 1.71. The van der Waals surface area contributed by atoms with Crippen LogP contribution in [0.3, 0.4) is 0 Å². The van der Waals surface area contributed by atoms with Gasteiger partial charge >= 0.3 is 0 Å². The number of carbonyl (C=O) groups is 2. The van der Waals surface area contributed by atoms with Crippen LogP contribution >= 0.6 is 11.8 Å². The molecule has 1 fully saturated rings. The Bertz CT molecular complexity index is 263. The standard InChI is InChI=1S/C11H20N2O2S/c1-8(2)10(12-9(3)14)11(15)13-4-6-16-7-5-13/h8,10H,4-7H2,1-3H3,(H,12,14). The third-order valence-electron chi connectivity index (χ3n) is 2.61. The Morgan fingerprint density at radius 3 is 2.25 bits per heavy atom. The Labute approximate surface area is 101 Å². The van der Waals surface area contributed by atoms with Crippen molar-refractivity contribution in [1.82, 2.24) is 10.2 Å². The zero-order valence-electron chi connectivity index (χ0n) is 10.2. The molecule has 1 N–H and O–H groups in total. The van der Waals surface area contributed by atoms with E-state index in [2.05, 4.69) is 5.32 Å². The van der Waals surface area contributed by atoms with Gasteiger partial charge in [0.25, 0.3) is 0 Å². The summed E-state index contributed by atoms with van der Waals surface area (Å²) in [6.07, 6.45) is 0. The van der Waals surface area contributed by atoms with Crippen LogP contribution < -0.4 is 5.32 Å². The molecule has 1 aliphatic rings. The third-order valence-corrected chi connectivity index (χ3v) is 3.56. The Kier molecular flexibility index (Phi) is 5.12. The molecular weight excluding hydrogens is 224 g/mol. The molecule has 0 aromatic rings. The number of carbonyl (C=O) groups excluding carboxylic acids is 2. The summed E-state index contributed by atoms with van der Waals surface area (Å²) in [5.41, 5.74) is 0. The molecule has 0 aromatic carbocycles. The molecule has 1 rings (SSSR count). The first-order valence-electron chi connectivity index (χ1n) is 5.66. The van der Waals surface area contributed by atoms with Crippen molar-refractivity contribution in [1.29, 1.82) is 0 Å². The minimum atomic E-state index is -0.374. The second kappa shape index (κ2) is 6.13. The van der Waals surface area contributed by atoms with Gasteiger partial charge in [-0.2, -0.15) is 11.8 Å². The maximum atomic E-state index is 12.2. The van der Waals surface area contributed by atoms with E-state index in [9.17, 15) is 9.59 Å². The molecule has 0 bridgehead atoms. The van der Waals surface area contributed by atoms with E-state index in [1.54, 1.807) is 0 Å². The van der Waals surface area contributed by atoms with Crippen LogP contribution in [-0.4, -0.2) is 47.4 Å². The molecule has 1 unspecified atom stereocenters. The molecule has 2 amide bonds. The Hall–Kier alpha value is -0.710. The monoisotopic (exact) mass is 244 g/mol. The van der Waals surface area contributed by atoms with Crippen LogP contribution in [0.25, 0.3) is 0 Å². The van der Waals surface area contributed by atoms with Crippen molar-refractivity contribution in [3.05, 3.63) is 0 Å². The second-order valence-corrected chi connectivity index (χ2v) is 5.58. The SMILES string of the molecule is CC(=O)NC(C(=O)N1CCSCC1)C(C)C. The fourth-order valence-corrected chi connectivity index (χ4v) is 2.62. The number of thioether (sulfide) groups is 1. The summed E-state index contributed by atoms with van der Waals surface area (Å²) in [4.78, 5) is 25.1. The summed E-state index contributed by atoms with van der Waals surface area (Å²) >= 11 is 1.87. The lowest BCUT2D eigenvalue weighted by molar-refractivity contribution is -0.137. The summed E-state index contributed by atoms with van der Waals surface area (Å²) in [6, 6.07) is -0.374. The van der Waals surface area contributed by atoms with Gasteiger partial charge in [-0.15, -0.1) is 0 Å². The molecule has 4 nitrogen and oxygen atoms in total. The van der Waals surface area contributed by atoms with E-state index < -0.39 is 0 Å². The quantitative estimate of drug-likeness (QED) is 0.796. The average Bonchev–Trinajstić information content (AvgIpc) is 2.25. The van der Waals surface area contributed by atoms with Crippen LogP contribution in [0.4, 0.5) is 0 Å². The zero-order chi connectivity index (χ0) is 12.1. The maximum Gasteiger partial charge on any atom is 0.245 e. The number of rotatable bonds is 3. The third kappa shape index (κ3) is 3.70. The van der Waals surface area contributed by atoms with Crippen molar-refractivity contribution < 1.29 is 9.59 Å². The maximum absolute atomic E-state index is 12.2. The molecule has 92 valence electrons. The molecule has 5 heteroatoms. The van der Waals surface area contributed by atoms with Crippen molar-refractivity contribution in [2.75, 3.05) is 24.6 Å². The van der Waals surface area contributed by atoms with Crippen molar-refractivity contribution in [2.24, 2.45) is 5.92 Å². The lowest BCUT2D eigenvalue weighted by atomic mass is 10.0. The highest BCUT2D eigenvalue weighted by atomic mass is 32.2. The van der Waals surface area contributed by atoms with E-state index in [1.165, 1.54) is 6.92 Å². The van der Waals surface area contributed by atoms with E-state index in [4.69, 9.17) is 0 Å². The van der Waals surface area contributed by atoms with Crippen molar-refractivity contribution in [3.63, 3.8) is 0 Å². The smallest absolute Gasteiger partial charge is 0.245 e. The molecule has 1 saturated heterocycles. The van der Waals surface area contributed by atoms with Crippen LogP contribution in [0.15, 0.2) is 0 Å². The zero-order valence-corrected chi connectivity index (χ0v) is 11.0. The number of hydrogen-bond acceptors (Lipinski definition) is 3. The van der Waals surface area contributed by atoms with Gasteiger partial charge in [-0.25, -0.2) is 0 Å². The van der Waals surface area contributed by atoms with Crippen LogP contribution in [0, 0.1) is 5.92 Å². The average molecular weight is 244 g/mol. The second-order valence-electron chi connectivity index (χ2n) is 4.36. The van der Waals surface area contributed by atoms with Gasteiger partial charge in [0, 0.05) is 31.5 Å². The van der Waals surface area contributed by atoms with Crippen LogP contribution in [-0.2, 0) is 9.59 Å². The van der Waals surface area contributed by atoms with Crippen LogP contribution in [0.5, 0.6) is 0 Å².